The molecule has 94 valence electrons. The van der Waals surface area contributed by atoms with Crippen molar-refractivity contribution in [2.24, 2.45) is 0 Å². The highest BCUT2D eigenvalue weighted by atomic mass is 35.5. The van der Waals surface area contributed by atoms with Crippen molar-refractivity contribution in [1.82, 2.24) is 0 Å². The van der Waals surface area contributed by atoms with E-state index in [0.29, 0.717) is 4.49 Å². The Balaban J connectivity index is 2.48. The largest absolute Gasteiger partial charge is 0.127 e. The van der Waals surface area contributed by atoms with Crippen LogP contribution in [0.25, 0.3) is 0 Å². The number of hydrogen-bond acceptors (Lipinski definition) is 2. The summed E-state index contributed by atoms with van der Waals surface area (Å²) < 4.78 is 1.37. The number of halogens is 2. The Morgan fingerprint density at radius 2 is 1.82 bits per heavy atom. The summed E-state index contributed by atoms with van der Waals surface area (Å²) in [6.45, 7) is 2.20. The highest BCUT2D eigenvalue weighted by Crippen LogP contribution is 2.39. The maximum atomic E-state index is 5.91. The normalized spacial score (nSPS) is 10.3. The first kappa shape index (κ1) is 15.3. The molecule has 0 nitrogen and oxygen atoms in total. The lowest BCUT2D eigenvalue weighted by atomic mass is 10.3. The number of benzene rings is 1. The molecule has 0 heterocycles. The molecule has 0 saturated heterocycles. The molecule has 0 atom stereocenters. The third-order valence-electron chi connectivity index (χ3n) is 2.09. The molecule has 0 unspecified atom stereocenters. The van der Waals surface area contributed by atoms with E-state index in [1.165, 1.54) is 24.2 Å². The van der Waals surface area contributed by atoms with Crippen molar-refractivity contribution in [2.75, 3.05) is 5.75 Å². The summed E-state index contributed by atoms with van der Waals surface area (Å²) in [6, 6.07) is 10.2. The molecule has 0 fully saturated rings. The molecular weight excluding hydrogens is 291 g/mol. The predicted octanol–water partition coefficient (Wildman–Crippen LogP) is 6.31. The van der Waals surface area contributed by atoms with E-state index in [9.17, 15) is 0 Å². The zero-order valence-electron chi connectivity index (χ0n) is 9.79. The molecule has 1 aromatic rings. The number of thioether (sulfide) groups is 2. The van der Waals surface area contributed by atoms with Gasteiger partial charge in [-0.3, -0.25) is 0 Å². The van der Waals surface area contributed by atoms with Crippen LogP contribution < -0.4 is 0 Å². The smallest absolute Gasteiger partial charge is 0.117 e. The van der Waals surface area contributed by atoms with Gasteiger partial charge in [-0.15, -0.1) is 11.8 Å². The van der Waals surface area contributed by atoms with Crippen molar-refractivity contribution in [2.45, 2.75) is 31.1 Å². The average Bonchev–Trinajstić information content (AvgIpc) is 2.34. The van der Waals surface area contributed by atoms with Crippen LogP contribution in [0.4, 0.5) is 0 Å². The van der Waals surface area contributed by atoms with Gasteiger partial charge < -0.3 is 0 Å². The molecule has 17 heavy (non-hydrogen) atoms. The topological polar surface area (TPSA) is 0 Å². The highest BCUT2D eigenvalue weighted by molar-refractivity contribution is 8.22. The molecule has 0 N–H and O–H groups in total. The van der Waals surface area contributed by atoms with Gasteiger partial charge in [-0.1, -0.05) is 72.9 Å². The zero-order valence-corrected chi connectivity index (χ0v) is 12.9. The fourth-order valence-corrected chi connectivity index (χ4v) is 3.80. The van der Waals surface area contributed by atoms with Crippen molar-refractivity contribution in [3.63, 3.8) is 0 Å². The van der Waals surface area contributed by atoms with Crippen LogP contribution in [0.3, 0.4) is 0 Å². The summed E-state index contributed by atoms with van der Waals surface area (Å²) in [5, 5.41) is 0. The first-order chi connectivity index (χ1) is 8.24. The number of hydrogen-bond donors (Lipinski definition) is 0. The van der Waals surface area contributed by atoms with Crippen molar-refractivity contribution in [1.29, 1.82) is 0 Å². The van der Waals surface area contributed by atoms with Gasteiger partial charge in [-0.25, -0.2) is 0 Å². The molecule has 0 bridgehead atoms. The fourth-order valence-electron chi connectivity index (χ4n) is 1.24. The third-order valence-corrected chi connectivity index (χ3v) is 5.38. The molecule has 0 saturated carbocycles. The third kappa shape index (κ3) is 6.66. The Morgan fingerprint density at radius 3 is 2.41 bits per heavy atom. The van der Waals surface area contributed by atoms with Crippen molar-refractivity contribution in [3.05, 3.63) is 39.1 Å². The van der Waals surface area contributed by atoms with E-state index in [-0.39, 0.29) is 0 Å². The van der Waals surface area contributed by atoms with Gasteiger partial charge in [0, 0.05) is 4.90 Å². The minimum Gasteiger partial charge on any atom is -0.117 e. The van der Waals surface area contributed by atoms with E-state index >= 15 is 0 Å². The molecule has 0 aliphatic rings. The molecule has 1 aromatic carbocycles. The molecule has 1 rings (SSSR count). The SMILES string of the molecule is CCCCCSC(Sc1ccccc1)=C(Cl)Cl. The van der Waals surface area contributed by atoms with E-state index in [1.54, 1.807) is 23.5 Å². The molecule has 0 aliphatic carbocycles. The second-order valence-electron chi connectivity index (χ2n) is 3.52. The lowest BCUT2D eigenvalue weighted by Crippen LogP contribution is -1.81. The molecule has 0 radical (unpaired) electrons. The Morgan fingerprint density at radius 1 is 1.12 bits per heavy atom. The van der Waals surface area contributed by atoms with E-state index in [4.69, 9.17) is 23.2 Å². The van der Waals surface area contributed by atoms with Crippen molar-refractivity contribution < 1.29 is 0 Å². The summed E-state index contributed by atoms with van der Waals surface area (Å²) in [5.41, 5.74) is 0. The van der Waals surface area contributed by atoms with Crippen molar-refractivity contribution >= 4 is 46.7 Å². The minimum atomic E-state index is 0.375. The Kier molecular flexibility index (Phi) is 8.29. The molecule has 0 aliphatic heterocycles. The van der Waals surface area contributed by atoms with Gasteiger partial charge in [-0.2, -0.15) is 0 Å². The van der Waals surface area contributed by atoms with E-state index in [0.717, 1.165) is 9.99 Å². The van der Waals surface area contributed by atoms with Crippen LogP contribution >= 0.6 is 46.7 Å². The van der Waals surface area contributed by atoms with Gasteiger partial charge in [0.2, 0.25) is 0 Å². The van der Waals surface area contributed by atoms with Gasteiger partial charge in [0.25, 0.3) is 0 Å². The molecule has 0 amide bonds. The molecule has 4 heteroatoms. The second-order valence-corrected chi connectivity index (χ2v) is 6.92. The minimum absolute atomic E-state index is 0.375. The maximum Gasteiger partial charge on any atom is 0.127 e. The van der Waals surface area contributed by atoms with Crippen LogP contribution in [-0.2, 0) is 0 Å². The van der Waals surface area contributed by atoms with E-state index < -0.39 is 0 Å². The Labute approximate surface area is 122 Å². The van der Waals surface area contributed by atoms with Crippen LogP contribution in [-0.4, -0.2) is 5.75 Å². The Bertz CT molecular complexity index is 346. The first-order valence-corrected chi connectivity index (χ1v) is 8.20. The lowest BCUT2D eigenvalue weighted by Gasteiger charge is -2.06. The van der Waals surface area contributed by atoms with Gasteiger partial charge in [0.1, 0.15) is 4.49 Å². The quantitative estimate of drug-likeness (QED) is 0.428. The van der Waals surface area contributed by atoms with Crippen LogP contribution in [0, 0.1) is 0 Å². The van der Waals surface area contributed by atoms with Gasteiger partial charge in [0.05, 0.1) is 4.24 Å². The van der Waals surface area contributed by atoms with Crippen LogP contribution in [0.5, 0.6) is 0 Å². The standard InChI is InChI=1S/C13H16Cl2S2/c1-2-3-7-10-16-13(12(14)15)17-11-8-5-4-6-9-11/h4-6,8-9H,2-3,7,10H2,1H3. The monoisotopic (exact) mass is 306 g/mol. The molecular formula is C13H16Cl2S2. The van der Waals surface area contributed by atoms with Crippen LogP contribution in [0.2, 0.25) is 0 Å². The fraction of sp³-hybridized carbons (Fsp3) is 0.385. The Hall–Kier alpha value is 0.240. The van der Waals surface area contributed by atoms with Crippen LogP contribution in [0.15, 0.2) is 44.0 Å². The van der Waals surface area contributed by atoms with Gasteiger partial charge in [-0.05, 0) is 24.3 Å². The van der Waals surface area contributed by atoms with Gasteiger partial charge in [0.15, 0.2) is 0 Å². The van der Waals surface area contributed by atoms with E-state index in [1.807, 2.05) is 18.2 Å². The first-order valence-electron chi connectivity index (χ1n) is 5.65. The summed E-state index contributed by atoms with van der Waals surface area (Å²) in [6.07, 6.45) is 3.71. The summed E-state index contributed by atoms with van der Waals surface area (Å²) in [5.74, 6) is 1.08. The average molecular weight is 307 g/mol. The zero-order chi connectivity index (χ0) is 12.5. The summed E-state index contributed by atoms with van der Waals surface area (Å²) in [7, 11) is 0. The second kappa shape index (κ2) is 9.21. The molecule has 0 spiro atoms. The summed E-state index contributed by atoms with van der Waals surface area (Å²) >= 11 is 15.2. The van der Waals surface area contributed by atoms with Crippen LogP contribution in [0.1, 0.15) is 26.2 Å². The maximum absolute atomic E-state index is 5.91. The molecule has 0 aromatic heterocycles. The number of unbranched alkanes of at least 4 members (excludes halogenated alkanes) is 2. The summed E-state index contributed by atoms with van der Waals surface area (Å²) in [4.78, 5) is 1.17. The van der Waals surface area contributed by atoms with Gasteiger partial charge >= 0.3 is 0 Å². The van der Waals surface area contributed by atoms with E-state index in [2.05, 4.69) is 19.1 Å². The highest BCUT2D eigenvalue weighted by Gasteiger charge is 2.06. The predicted molar refractivity (Wildman–Crippen MR) is 83.0 cm³/mol. The lowest BCUT2D eigenvalue weighted by molar-refractivity contribution is 0.779. The van der Waals surface area contributed by atoms with Crippen molar-refractivity contribution in [3.8, 4) is 0 Å². The number of rotatable bonds is 7.